The van der Waals surface area contributed by atoms with E-state index in [2.05, 4.69) is 73.7 Å². The summed E-state index contributed by atoms with van der Waals surface area (Å²) in [6.07, 6.45) is 0.889. The number of nitrogens with zero attached hydrogens (tertiary/aromatic N) is 3. The Kier molecular flexibility index (Phi) is 6.64. The van der Waals surface area contributed by atoms with Crippen molar-refractivity contribution in [1.29, 1.82) is 0 Å². The topological polar surface area (TPSA) is 30.2 Å². The lowest BCUT2D eigenvalue weighted by Crippen LogP contribution is -2.13. The fraction of sp³-hybridized carbons (Fsp3) is 0.0769. The lowest BCUT2D eigenvalue weighted by Gasteiger charge is -2.08. The van der Waals surface area contributed by atoms with Crippen molar-refractivity contribution < 1.29 is 0 Å². The van der Waals surface area contributed by atoms with Crippen molar-refractivity contribution in [3.05, 3.63) is 127 Å². The fourth-order valence-corrected chi connectivity index (χ4v) is 5.74. The highest BCUT2D eigenvalue weighted by Crippen LogP contribution is 2.36. The molecule has 2 heterocycles. The van der Waals surface area contributed by atoms with Crippen LogP contribution in [0.3, 0.4) is 0 Å². The van der Waals surface area contributed by atoms with Gasteiger partial charge in [0.05, 0.1) is 18.5 Å². The van der Waals surface area contributed by atoms with Crippen molar-refractivity contribution in [3.63, 3.8) is 0 Å². The number of aryl methyl sites for hydroxylation is 1. The molecule has 0 unspecified atom stereocenters. The first-order chi connectivity index (χ1) is 14.8. The Bertz CT molecular complexity index is 1110. The van der Waals surface area contributed by atoms with Gasteiger partial charge < -0.3 is 0 Å². The van der Waals surface area contributed by atoms with Crippen LogP contribution in [-0.2, 0) is 6.16 Å². The van der Waals surface area contributed by atoms with Crippen LogP contribution >= 0.6 is 7.92 Å². The number of pyridine rings is 1. The van der Waals surface area contributed by atoms with Crippen LogP contribution in [0.15, 0.2) is 115 Å². The zero-order chi connectivity index (χ0) is 20.6. The van der Waals surface area contributed by atoms with Crippen LogP contribution in [0.2, 0.25) is 0 Å². The monoisotopic (exact) mass is 410 g/mol. The van der Waals surface area contributed by atoms with Gasteiger partial charge in [-0.3, -0.25) is 0 Å². The average molecular weight is 410 g/mol. The van der Waals surface area contributed by atoms with Gasteiger partial charge in [0.15, 0.2) is 11.5 Å². The number of hydrogen-bond acceptors (Lipinski definition) is 2. The number of fused-ring (bicyclic) bond motifs is 1. The molecular formula is C26H25N3P+. The Balaban J connectivity index is 0.000000313. The largest absolute Gasteiger partial charge is 0.218 e. The molecule has 0 saturated carbocycles. The van der Waals surface area contributed by atoms with Crippen molar-refractivity contribution in [1.82, 2.24) is 14.6 Å². The fourth-order valence-electron chi connectivity index (χ4n) is 3.35. The third-order valence-electron chi connectivity index (χ3n) is 4.84. The minimum absolute atomic E-state index is 0.889. The molecule has 0 amide bonds. The van der Waals surface area contributed by atoms with E-state index in [1.807, 2.05) is 53.0 Å². The van der Waals surface area contributed by atoms with Crippen molar-refractivity contribution in [2.75, 3.05) is 0 Å². The Morgan fingerprint density at radius 1 is 0.633 bits per heavy atom. The van der Waals surface area contributed by atoms with Gasteiger partial charge in [-0.15, -0.1) is 5.10 Å². The first-order valence-electron chi connectivity index (χ1n) is 10.1. The molecule has 2 aromatic heterocycles. The van der Waals surface area contributed by atoms with E-state index in [0.717, 1.165) is 23.3 Å². The molecule has 0 aliphatic heterocycles. The average Bonchev–Trinajstić information content (AvgIpc) is 3.24. The van der Waals surface area contributed by atoms with Crippen molar-refractivity contribution in [2.45, 2.75) is 13.1 Å². The van der Waals surface area contributed by atoms with Crippen molar-refractivity contribution in [2.24, 2.45) is 0 Å². The number of benzene rings is 3. The van der Waals surface area contributed by atoms with Gasteiger partial charge in [-0.1, -0.05) is 78.9 Å². The van der Waals surface area contributed by atoms with Crippen LogP contribution in [0.4, 0.5) is 0 Å². The van der Waals surface area contributed by atoms with Crippen LogP contribution in [0.5, 0.6) is 0 Å². The van der Waals surface area contributed by atoms with E-state index in [0.29, 0.717) is 0 Å². The first-order valence-corrected chi connectivity index (χ1v) is 11.8. The maximum absolute atomic E-state index is 4.74. The zero-order valence-corrected chi connectivity index (χ0v) is 18.0. The second-order valence-corrected chi connectivity index (χ2v) is 9.47. The van der Waals surface area contributed by atoms with Gasteiger partial charge in [-0.05, 0) is 43.3 Å². The number of rotatable bonds is 4. The highest BCUT2D eigenvalue weighted by atomic mass is 31.1. The second kappa shape index (κ2) is 9.96. The van der Waals surface area contributed by atoms with Crippen LogP contribution < -0.4 is 10.6 Å². The van der Waals surface area contributed by atoms with Crippen LogP contribution in [0.1, 0.15) is 11.5 Å². The summed E-state index contributed by atoms with van der Waals surface area (Å²) < 4.78 is 1.94. The first kappa shape index (κ1) is 20.0. The van der Waals surface area contributed by atoms with E-state index in [1.54, 1.807) is 0 Å². The van der Waals surface area contributed by atoms with Gasteiger partial charge in [-0.2, -0.15) is 0 Å². The highest BCUT2D eigenvalue weighted by molar-refractivity contribution is 7.72. The smallest absolute Gasteiger partial charge is 0.189 e. The molecule has 0 N–H and O–H groups in total. The Hall–Kier alpha value is -3.29. The van der Waals surface area contributed by atoms with E-state index in [1.165, 1.54) is 10.6 Å². The number of aromatic nitrogens is 3. The molecule has 0 aliphatic rings. The van der Waals surface area contributed by atoms with Crippen LogP contribution in [0.25, 0.3) is 5.65 Å². The summed E-state index contributed by atoms with van der Waals surface area (Å²) in [7, 11) is -0.950. The molecule has 0 saturated heterocycles. The summed E-state index contributed by atoms with van der Waals surface area (Å²) in [5.74, 6) is 0.922. The minimum Gasteiger partial charge on any atom is -0.218 e. The molecule has 4 heteroatoms. The molecule has 0 fully saturated rings. The van der Waals surface area contributed by atoms with Gasteiger partial charge in [0.2, 0.25) is 0 Å². The van der Waals surface area contributed by atoms with Gasteiger partial charge >= 0.3 is 0 Å². The molecule has 0 bridgehead atoms. The minimum atomic E-state index is -0.950. The lowest BCUT2D eigenvalue weighted by atomic mass is 10.4. The summed E-state index contributed by atoms with van der Waals surface area (Å²) in [4.78, 5) is 4.74. The van der Waals surface area contributed by atoms with Crippen molar-refractivity contribution in [3.8, 4) is 0 Å². The maximum Gasteiger partial charge on any atom is 0.189 e. The van der Waals surface area contributed by atoms with Gasteiger partial charge in [0, 0.05) is 5.69 Å². The summed E-state index contributed by atoms with van der Waals surface area (Å²) >= 11 is 0. The van der Waals surface area contributed by atoms with Crippen LogP contribution in [-0.4, -0.2) is 14.6 Å². The normalized spacial score (nSPS) is 10.6. The summed E-state index contributed by atoms with van der Waals surface area (Å²) in [6.45, 7) is 2.06. The zero-order valence-electron chi connectivity index (χ0n) is 17.0. The van der Waals surface area contributed by atoms with Crippen LogP contribution in [0, 0.1) is 6.92 Å². The Morgan fingerprint density at radius 2 is 1.13 bits per heavy atom. The predicted octanol–water partition coefficient (Wildman–Crippen LogP) is 5.09. The molecule has 5 aromatic rings. The molecular weight excluding hydrogens is 385 g/mol. The molecule has 148 valence electrons. The standard InChI is InChI=1S/C20H18N3P.C6H6/c1-16-9-8-14-20-21-19(22-23(16)20)15-24(17-10-4-2-5-11-17)18-12-6-3-7-13-18;1-2-4-6-5-3-1/h2-14H,15H2,1H3;1-6H/p+1. The van der Waals surface area contributed by atoms with Gasteiger partial charge in [0.25, 0.3) is 0 Å². The van der Waals surface area contributed by atoms with Gasteiger partial charge in [0.1, 0.15) is 6.16 Å². The number of hydrogen-bond donors (Lipinski definition) is 0. The highest BCUT2D eigenvalue weighted by Gasteiger charge is 2.25. The SMILES string of the molecule is Cc1cccc2nc(C[PH+](c3ccccc3)c3ccccc3)nn12.c1ccccc1. The molecule has 3 nitrogen and oxygen atoms in total. The predicted molar refractivity (Wildman–Crippen MR) is 128 cm³/mol. The molecule has 5 rings (SSSR count). The van der Waals surface area contributed by atoms with E-state index >= 15 is 0 Å². The Labute approximate surface area is 178 Å². The third-order valence-corrected chi connectivity index (χ3v) is 7.57. The van der Waals surface area contributed by atoms with E-state index < -0.39 is 7.92 Å². The quantitative estimate of drug-likeness (QED) is 0.386. The van der Waals surface area contributed by atoms with E-state index in [4.69, 9.17) is 10.1 Å². The maximum atomic E-state index is 4.74. The molecule has 0 aliphatic carbocycles. The van der Waals surface area contributed by atoms with Crippen molar-refractivity contribution >= 4 is 24.2 Å². The molecule has 0 atom stereocenters. The Morgan fingerprint density at radius 3 is 1.63 bits per heavy atom. The second-order valence-electron chi connectivity index (χ2n) is 7.01. The van der Waals surface area contributed by atoms with E-state index in [-0.39, 0.29) is 0 Å². The van der Waals surface area contributed by atoms with Gasteiger partial charge in [-0.25, -0.2) is 9.50 Å². The summed E-state index contributed by atoms with van der Waals surface area (Å²) in [5, 5.41) is 7.52. The molecule has 3 aromatic carbocycles. The molecule has 30 heavy (non-hydrogen) atoms. The summed E-state index contributed by atoms with van der Waals surface area (Å²) in [5.41, 5.74) is 2.03. The lowest BCUT2D eigenvalue weighted by molar-refractivity contribution is 0.887. The molecule has 0 radical (unpaired) electrons. The molecule has 0 spiro atoms. The third kappa shape index (κ3) is 5.00. The summed E-state index contributed by atoms with van der Waals surface area (Å²) in [6, 6.07) is 39.6. The van der Waals surface area contributed by atoms with E-state index in [9.17, 15) is 0 Å².